The van der Waals surface area contributed by atoms with Gasteiger partial charge in [0.1, 0.15) is 0 Å². The summed E-state index contributed by atoms with van der Waals surface area (Å²) in [5.41, 5.74) is 5.24. The van der Waals surface area contributed by atoms with Crippen molar-refractivity contribution in [3.8, 4) is 5.88 Å². The summed E-state index contributed by atoms with van der Waals surface area (Å²) in [5.74, 6) is -0.0679. The van der Waals surface area contributed by atoms with Crippen LogP contribution in [-0.2, 0) is 0 Å². The number of nitro groups is 1. The lowest BCUT2D eigenvalue weighted by Gasteiger charge is -2.09. The van der Waals surface area contributed by atoms with Gasteiger partial charge >= 0.3 is 0 Å². The molecule has 0 unspecified atom stereocenters. The molecule has 0 fully saturated rings. The number of rotatable bonds is 5. The lowest BCUT2D eigenvalue weighted by atomic mass is 10.1. The van der Waals surface area contributed by atoms with E-state index in [9.17, 15) is 14.9 Å². The van der Waals surface area contributed by atoms with Crippen molar-refractivity contribution in [3.05, 3.63) is 51.7 Å². The number of aromatic nitrogens is 2. The molecule has 0 aliphatic carbocycles. The molecule has 0 bridgehead atoms. The second-order valence-corrected chi connectivity index (χ2v) is 4.21. The topological polar surface area (TPSA) is 119 Å². The van der Waals surface area contributed by atoms with Gasteiger partial charge in [-0.15, -0.1) is 0 Å². The molecule has 9 nitrogen and oxygen atoms in total. The van der Waals surface area contributed by atoms with Crippen LogP contribution < -0.4 is 15.6 Å². The highest BCUT2D eigenvalue weighted by Gasteiger charge is 2.17. The zero-order chi connectivity index (χ0) is 16.1. The Morgan fingerprint density at radius 1 is 1.36 bits per heavy atom. The zero-order valence-electron chi connectivity index (χ0n) is 11.9. The van der Waals surface area contributed by atoms with Crippen LogP contribution in [0.1, 0.15) is 15.9 Å². The predicted molar refractivity (Wildman–Crippen MR) is 77.5 cm³/mol. The monoisotopic (exact) mass is 303 g/mol. The van der Waals surface area contributed by atoms with Crippen molar-refractivity contribution >= 4 is 17.5 Å². The maximum Gasteiger partial charge on any atom is 0.273 e. The molecular weight excluding hydrogens is 290 g/mol. The first-order valence-electron chi connectivity index (χ1n) is 6.20. The predicted octanol–water partition coefficient (Wildman–Crippen LogP) is 1.46. The van der Waals surface area contributed by atoms with E-state index in [0.29, 0.717) is 5.88 Å². The van der Waals surface area contributed by atoms with Crippen LogP contribution in [0.2, 0.25) is 0 Å². The highest BCUT2D eigenvalue weighted by Crippen LogP contribution is 2.20. The average molecular weight is 303 g/mol. The van der Waals surface area contributed by atoms with Crippen molar-refractivity contribution in [2.24, 2.45) is 0 Å². The minimum absolute atomic E-state index is 0.120. The Morgan fingerprint density at radius 2 is 2.14 bits per heavy atom. The Kier molecular flexibility index (Phi) is 4.47. The molecule has 0 spiro atoms. The molecular formula is C13H13N5O4. The summed E-state index contributed by atoms with van der Waals surface area (Å²) in [5, 5.41) is 10.9. The number of ether oxygens (including phenoxy) is 1. The number of benzene rings is 1. The Hall–Kier alpha value is -3.23. The summed E-state index contributed by atoms with van der Waals surface area (Å²) in [6.07, 6.45) is 1.46. The third-order valence-corrected chi connectivity index (χ3v) is 2.87. The van der Waals surface area contributed by atoms with Crippen molar-refractivity contribution in [2.75, 3.05) is 12.5 Å². The summed E-state index contributed by atoms with van der Waals surface area (Å²) in [6, 6.07) is 5.83. The number of nitrogens with one attached hydrogen (secondary N) is 2. The lowest BCUT2D eigenvalue weighted by Crippen LogP contribution is -2.31. The maximum absolute atomic E-state index is 12.1. The van der Waals surface area contributed by atoms with Crippen LogP contribution >= 0.6 is 0 Å². The summed E-state index contributed by atoms with van der Waals surface area (Å²) in [6.45, 7) is 1.51. The zero-order valence-corrected chi connectivity index (χ0v) is 11.9. The van der Waals surface area contributed by atoms with Crippen LogP contribution in [0.15, 0.2) is 30.5 Å². The van der Waals surface area contributed by atoms with Crippen molar-refractivity contribution in [1.82, 2.24) is 15.4 Å². The van der Waals surface area contributed by atoms with Gasteiger partial charge < -0.3 is 4.74 Å². The largest absolute Gasteiger partial charge is 0.481 e. The van der Waals surface area contributed by atoms with Crippen molar-refractivity contribution in [1.29, 1.82) is 0 Å². The van der Waals surface area contributed by atoms with E-state index in [1.54, 1.807) is 6.07 Å². The molecule has 0 saturated heterocycles. The average Bonchev–Trinajstić information content (AvgIpc) is 2.52. The molecule has 1 amide bonds. The standard InChI is InChI=1S/C13H13N5O4/c1-8-9(4-3-5-10(8)18(20)21)12(19)16-17-13-14-7-6-11(15-13)22-2/h3-7H,1-2H3,(H,16,19)(H,14,15,17). The molecule has 1 heterocycles. The quantitative estimate of drug-likeness (QED) is 0.633. The number of nitrogens with zero attached hydrogens (tertiary/aromatic N) is 3. The summed E-state index contributed by atoms with van der Waals surface area (Å²) in [4.78, 5) is 30.3. The lowest BCUT2D eigenvalue weighted by molar-refractivity contribution is -0.385. The van der Waals surface area contributed by atoms with E-state index in [0.717, 1.165) is 0 Å². The minimum Gasteiger partial charge on any atom is -0.481 e. The molecule has 9 heteroatoms. The number of amides is 1. The van der Waals surface area contributed by atoms with Crippen LogP contribution in [0.4, 0.5) is 11.6 Å². The van der Waals surface area contributed by atoms with E-state index in [2.05, 4.69) is 20.8 Å². The molecule has 0 radical (unpaired) electrons. The Labute approximate surface area is 125 Å². The van der Waals surface area contributed by atoms with Gasteiger partial charge in [0.15, 0.2) is 0 Å². The summed E-state index contributed by atoms with van der Waals surface area (Å²) >= 11 is 0. The molecule has 1 aromatic carbocycles. The number of anilines is 1. The van der Waals surface area contributed by atoms with Gasteiger partial charge in [-0.2, -0.15) is 4.98 Å². The van der Waals surface area contributed by atoms with E-state index < -0.39 is 10.8 Å². The Bertz CT molecular complexity index is 719. The Balaban J connectivity index is 2.12. The van der Waals surface area contributed by atoms with Crippen molar-refractivity contribution in [3.63, 3.8) is 0 Å². The van der Waals surface area contributed by atoms with Gasteiger partial charge in [0, 0.05) is 23.9 Å². The van der Waals surface area contributed by atoms with Gasteiger partial charge in [0.2, 0.25) is 11.8 Å². The number of carbonyl (C=O) groups excluding carboxylic acids is 1. The van der Waals surface area contributed by atoms with E-state index >= 15 is 0 Å². The maximum atomic E-state index is 12.1. The molecule has 2 aromatic rings. The minimum atomic E-state index is -0.537. The number of hydrazine groups is 1. The molecule has 0 aliphatic rings. The smallest absolute Gasteiger partial charge is 0.273 e. The van der Waals surface area contributed by atoms with Gasteiger partial charge in [-0.05, 0) is 13.0 Å². The van der Waals surface area contributed by atoms with Crippen molar-refractivity contribution in [2.45, 2.75) is 6.92 Å². The molecule has 114 valence electrons. The van der Waals surface area contributed by atoms with E-state index in [4.69, 9.17) is 4.74 Å². The molecule has 0 saturated carbocycles. The van der Waals surface area contributed by atoms with Gasteiger partial charge in [0.05, 0.1) is 17.6 Å². The van der Waals surface area contributed by atoms with Crippen LogP contribution in [0.25, 0.3) is 0 Å². The van der Waals surface area contributed by atoms with E-state index in [1.165, 1.54) is 38.4 Å². The molecule has 0 aliphatic heterocycles. The number of hydrogen-bond acceptors (Lipinski definition) is 7. The van der Waals surface area contributed by atoms with Crippen LogP contribution in [0, 0.1) is 17.0 Å². The molecule has 22 heavy (non-hydrogen) atoms. The van der Waals surface area contributed by atoms with Gasteiger partial charge in [-0.25, -0.2) is 4.98 Å². The third-order valence-electron chi connectivity index (χ3n) is 2.87. The Morgan fingerprint density at radius 3 is 2.82 bits per heavy atom. The second kappa shape index (κ2) is 6.48. The van der Waals surface area contributed by atoms with Crippen LogP contribution in [0.5, 0.6) is 5.88 Å². The molecule has 2 N–H and O–H groups in total. The van der Waals surface area contributed by atoms with Crippen LogP contribution in [0.3, 0.4) is 0 Å². The number of nitro benzene ring substituents is 1. The third kappa shape index (κ3) is 3.26. The fraction of sp³-hybridized carbons (Fsp3) is 0.154. The van der Waals surface area contributed by atoms with Gasteiger partial charge in [-0.3, -0.25) is 25.8 Å². The van der Waals surface area contributed by atoms with Crippen LogP contribution in [-0.4, -0.2) is 27.9 Å². The second-order valence-electron chi connectivity index (χ2n) is 4.21. The van der Waals surface area contributed by atoms with E-state index in [-0.39, 0.29) is 22.8 Å². The first kappa shape index (κ1) is 15.2. The van der Waals surface area contributed by atoms with Crippen molar-refractivity contribution < 1.29 is 14.5 Å². The SMILES string of the molecule is COc1ccnc(NNC(=O)c2cccc([N+](=O)[O-])c2C)n1. The highest BCUT2D eigenvalue weighted by molar-refractivity contribution is 5.97. The summed E-state index contributed by atoms with van der Waals surface area (Å²) < 4.78 is 4.93. The number of hydrogen-bond donors (Lipinski definition) is 2. The van der Waals surface area contributed by atoms with Gasteiger partial charge in [0.25, 0.3) is 11.6 Å². The molecule has 1 aromatic heterocycles. The first-order chi connectivity index (χ1) is 10.5. The van der Waals surface area contributed by atoms with Gasteiger partial charge in [-0.1, -0.05) is 6.07 Å². The highest BCUT2D eigenvalue weighted by atomic mass is 16.6. The fourth-order valence-corrected chi connectivity index (χ4v) is 1.76. The number of carbonyl (C=O) groups is 1. The molecule has 2 rings (SSSR count). The normalized spacial score (nSPS) is 9.91. The summed E-state index contributed by atoms with van der Waals surface area (Å²) in [7, 11) is 1.46. The molecule has 0 atom stereocenters. The van der Waals surface area contributed by atoms with E-state index in [1.807, 2.05) is 0 Å². The number of methoxy groups -OCH3 is 1. The fourth-order valence-electron chi connectivity index (χ4n) is 1.76. The first-order valence-corrected chi connectivity index (χ1v) is 6.20.